The summed E-state index contributed by atoms with van der Waals surface area (Å²) in [5.41, 5.74) is 1.05. The van der Waals surface area contributed by atoms with Crippen LogP contribution in [0.2, 0.25) is 0 Å². The standard InChI is InChI=1S/C12H16O3/c1-3-11(13)9-15-8-10-4-6-12(14-2)7-5-10/h3-7,11,13H,1,8-9H2,2H3/t11-/m1/s1. The van der Waals surface area contributed by atoms with E-state index in [0.717, 1.165) is 11.3 Å². The first kappa shape index (κ1) is 11.8. The van der Waals surface area contributed by atoms with Gasteiger partial charge < -0.3 is 14.6 Å². The molecule has 1 atom stereocenters. The highest BCUT2D eigenvalue weighted by molar-refractivity contribution is 5.26. The van der Waals surface area contributed by atoms with Crippen LogP contribution in [-0.2, 0) is 11.3 Å². The smallest absolute Gasteiger partial charge is 0.118 e. The van der Waals surface area contributed by atoms with E-state index in [1.165, 1.54) is 6.08 Å². The quantitative estimate of drug-likeness (QED) is 0.724. The maximum absolute atomic E-state index is 9.16. The van der Waals surface area contributed by atoms with E-state index in [1.54, 1.807) is 7.11 Å². The fourth-order valence-corrected chi connectivity index (χ4v) is 1.09. The van der Waals surface area contributed by atoms with Crippen LogP contribution in [0, 0.1) is 0 Å². The van der Waals surface area contributed by atoms with Crippen molar-refractivity contribution in [2.24, 2.45) is 0 Å². The van der Waals surface area contributed by atoms with E-state index in [2.05, 4.69) is 6.58 Å². The van der Waals surface area contributed by atoms with Crippen LogP contribution in [0.4, 0.5) is 0 Å². The summed E-state index contributed by atoms with van der Waals surface area (Å²) in [5, 5.41) is 9.16. The van der Waals surface area contributed by atoms with E-state index in [-0.39, 0.29) is 6.61 Å². The highest BCUT2D eigenvalue weighted by Gasteiger charge is 1.98. The summed E-state index contributed by atoms with van der Waals surface area (Å²) in [4.78, 5) is 0. The fraction of sp³-hybridized carbons (Fsp3) is 0.333. The summed E-state index contributed by atoms with van der Waals surface area (Å²) in [7, 11) is 1.63. The normalized spacial score (nSPS) is 12.1. The third kappa shape index (κ3) is 4.14. The Labute approximate surface area is 90.0 Å². The average Bonchev–Trinajstić information content (AvgIpc) is 2.29. The molecule has 82 valence electrons. The highest BCUT2D eigenvalue weighted by atomic mass is 16.5. The first-order valence-electron chi connectivity index (χ1n) is 4.77. The molecule has 1 N–H and O–H groups in total. The molecule has 1 rings (SSSR count). The van der Waals surface area contributed by atoms with E-state index < -0.39 is 6.10 Å². The highest BCUT2D eigenvalue weighted by Crippen LogP contribution is 2.11. The van der Waals surface area contributed by atoms with Crippen molar-refractivity contribution in [1.82, 2.24) is 0 Å². The lowest BCUT2D eigenvalue weighted by molar-refractivity contribution is 0.0505. The largest absolute Gasteiger partial charge is 0.497 e. The summed E-state index contributed by atoms with van der Waals surface area (Å²) in [6.07, 6.45) is 0.858. The monoisotopic (exact) mass is 208 g/mol. The summed E-state index contributed by atoms with van der Waals surface area (Å²) in [6, 6.07) is 7.61. The zero-order valence-electron chi connectivity index (χ0n) is 8.85. The molecule has 3 nitrogen and oxygen atoms in total. The lowest BCUT2D eigenvalue weighted by Crippen LogP contribution is -2.11. The van der Waals surface area contributed by atoms with Crippen LogP contribution >= 0.6 is 0 Å². The number of aliphatic hydroxyl groups excluding tert-OH is 1. The van der Waals surface area contributed by atoms with Crippen molar-refractivity contribution in [1.29, 1.82) is 0 Å². The number of hydrogen-bond donors (Lipinski definition) is 1. The van der Waals surface area contributed by atoms with Crippen LogP contribution < -0.4 is 4.74 Å². The van der Waals surface area contributed by atoms with E-state index >= 15 is 0 Å². The molecule has 0 aliphatic rings. The van der Waals surface area contributed by atoms with Gasteiger partial charge in [0.05, 0.1) is 26.4 Å². The van der Waals surface area contributed by atoms with E-state index in [1.807, 2.05) is 24.3 Å². The fourth-order valence-electron chi connectivity index (χ4n) is 1.09. The van der Waals surface area contributed by atoms with Crippen LogP contribution in [0.5, 0.6) is 5.75 Å². The van der Waals surface area contributed by atoms with Crippen molar-refractivity contribution >= 4 is 0 Å². The Hall–Kier alpha value is -1.32. The minimum Gasteiger partial charge on any atom is -0.497 e. The minimum atomic E-state index is -0.594. The summed E-state index contributed by atoms with van der Waals surface area (Å²) in [6.45, 7) is 4.22. The van der Waals surface area contributed by atoms with Gasteiger partial charge in [-0.15, -0.1) is 6.58 Å². The molecule has 0 aliphatic heterocycles. The predicted molar refractivity (Wildman–Crippen MR) is 58.9 cm³/mol. The average molecular weight is 208 g/mol. The van der Waals surface area contributed by atoms with Crippen molar-refractivity contribution in [3.63, 3.8) is 0 Å². The number of methoxy groups -OCH3 is 1. The van der Waals surface area contributed by atoms with Gasteiger partial charge in [-0.2, -0.15) is 0 Å². The van der Waals surface area contributed by atoms with E-state index in [4.69, 9.17) is 14.6 Å². The molecule has 0 aliphatic carbocycles. The molecule has 0 unspecified atom stereocenters. The number of hydrogen-bond acceptors (Lipinski definition) is 3. The molecule has 0 amide bonds. The van der Waals surface area contributed by atoms with Gasteiger partial charge in [0, 0.05) is 0 Å². The number of benzene rings is 1. The molecule has 0 saturated carbocycles. The molecule has 1 aromatic carbocycles. The Morgan fingerprint density at radius 1 is 1.40 bits per heavy atom. The molecule has 0 heterocycles. The second kappa shape index (κ2) is 6.22. The molecular weight excluding hydrogens is 192 g/mol. The van der Waals surface area contributed by atoms with E-state index in [0.29, 0.717) is 6.61 Å². The second-order valence-corrected chi connectivity index (χ2v) is 3.17. The third-order valence-corrected chi connectivity index (χ3v) is 1.99. The Morgan fingerprint density at radius 2 is 2.07 bits per heavy atom. The van der Waals surface area contributed by atoms with Crippen LogP contribution in [0.1, 0.15) is 5.56 Å². The zero-order chi connectivity index (χ0) is 11.1. The van der Waals surface area contributed by atoms with Crippen molar-refractivity contribution in [2.75, 3.05) is 13.7 Å². The van der Waals surface area contributed by atoms with Crippen molar-refractivity contribution in [3.8, 4) is 5.75 Å². The van der Waals surface area contributed by atoms with Gasteiger partial charge >= 0.3 is 0 Å². The van der Waals surface area contributed by atoms with Gasteiger partial charge in [-0.05, 0) is 17.7 Å². The van der Waals surface area contributed by atoms with Crippen LogP contribution in [0.15, 0.2) is 36.9 Å². The third-order valence-electron chi connectivity index (χ3n) is 1.99. The first-order chi connectivity index (χ1) is 7.26. The second-order valence-electron chi connectivity index (χ2n) is 3.17. The van der Waals surface area contributed by atoms with Gasteiger partial charge in [-0.25, -0.2) is 0 Å². The predicted octanol–water partition coefficient (Wildman–Crippen LogP) is 1.76. The Kier molecular flexibility index (Phi) is 4.87. The maximum atomic E-state index is 9.16. The molecule has 0 aromatic heterocycles. The summed E-state index contributed by atoms with van der Waals surface area (Å²) >= 11 is 0. The first-order valence-corrected chi connectivity index (χ1v) is 4.77. The number of ether oxygens (including phenoxy) is 2. The minimum absolute atomic E-state index is 0.273. The Balaban J connectivity index is 2.34. The Bertz CT molecular complexity index is 292. The summed E-state index contributed by atoms with van der Waals surface area (Å²) in [5.74, 6) is 0.824. The van der Waals surface area contributed by atoms with Gasteiger partial charge in [-0.1, -0.05) is 18.2 Å². The number of rotatable bonds is 6. The molecule has 0 fully saturated rings. The maximum Gasteiger partial charge on any atom is 0.118 e. The SMILES string of the molecule is C=C[C@@H](O)COCc1ccc(OC)cc1. The molecule has 0 spiro atoms. The lowest BCUT2D eigenvalue weighted by Gasteiger charge is -2.07. The van der Waals surface area contributed by atoms with Gasteiger partial charge in [0.15, 0.2) is 0 Å². The van der Waals surface area contributed by atoms with Crippen molar-refractivity contribution in [3.05, 3.63) is 42.5 Å². The van der Waals surface area contributed by atoms with Gasteiger partial charge in [0.1, 0.15) is 5.75 Å². The van der Waals surface area contributed by atoms with Crippen LogP contribution in [-0.4, -0.2) is 24.9 Å². The molecule has 0 saturated heterocycles. The Morgan fingerprint density at radius 3 is 2.60 bits per heavy atom. The lowest BCUT2D eigenvalue weighted by atomic mass is 10.2. The molecule has 0 bridgehead atoms. The number of aliphatic hydroxyl groups is 1. The van der Waals surface area contributed by atoms with Crippen molar-refractivity contribution < 1.29 is 14.6 Å². The van der Waals surface area contributed by atoms with Crippen LogP contribution in [0.3, 0.4) is 0 Å². The molecule has 3 heteroatoms. The molecule has 1 aromatic rings. The zero-order valence-corrected chi connectivity index (χ0v) is 8.85. The summed E-state index contributed by atoms with van der Waals surface area (Å²) < 4.78 is 10.3. The van der Waals surface area contributed by atoms with Gasteiger partial charge in [0.2, 0.25) is 0 Å². The topological polar surface area (TPSA) is 38.7 Å². The van der Waals surface area contributed by atoms with E-state index in [9.17, 15) is 0 Å². The molecular formula is C12H16O3. The molecule has 0 radical (unpaired) electrons. The molecule has 15 heavy (non-hydrogen) atoms. The van der Waals surface area contributed by atoms with Gasteiger partial charge in [-0.3, -0.25) is 0 Å². The van der Waals surface area contributed by atoms with Gasteiger partial charge in [0.25, 0.3) is 0 Å². The van der Waals surface area contributed by atoms with Crippen molar-refractivity contribution in [2.45, 2.75) is 12.7 Å². The van der Waals surface area contributed by atoms with Crippen LogP contribution in [0.25, 0.3) is 0 Å².